The molecule has 1 fully saturated rings. The Morgan fingerprint density at radius 3 is 2.47 bits per heavy atom. The Labute approximate surface area is 88.8 Å². The van der Waals surface area contributed by atoms with Crippen LogP contribution in [0.25, 0.3) is 0 Å². The summed E-state index contributed by atoms with van der Waals surface area (Å²) in [5.74, 6) is 0.0824. The highest BCUT2D eigenvalue weighted by molar-refractivity contribution is 7.11. The largest absolute Gasteiger partial charge is 0.443 e. The van der Waals surface area contributed by atoms with Gasteiger partial charge in [0.25, 0.3) is 0 Å². The van der Waals surface area contributed by atoms with Crippen molar-refractivity contribution in [2.75, 3.05) is 0 Å². The number of rotatable bonds is 2. The summed E-state index contributed by atoms with van der Waals surface area (Å²) in [6.07, 6.45) is -1.55. The highest BCUT2D eigenvalue weighted by Crippen LogP contribution is 2.47. The molecule has 1 aliphatic carbocycles. The average Bonchev–Trinajstić information content (AvgIpc) is 2.80. The quantitative estimate of drug-likeness (QED) is 0.858. The Morgan fingerprint density at radius 2 is 2.07 bits per heavy atom. The zero-order chi connectivity index (χ0) is 11.3. The van der Waals surface area contributed by atoms with Crippen LogP contribution in [0.5, 0.6) is 0 Å². The zero-order valence-electron chi connectivity index (χ0n) is 8.01. The first kappa shape index (κ1) is 10.9. The number of halogens is 3. The molecular weight excluding hydrogens is 227 g/mol. The van der Waals surface area contributed by atoms with E-state index in [0.29, 0.717) is 16.2 Å². The smallest absolute Gasteiger partial charge is 0.384 e. The molecule has 1 aromatic heterocycles. The summed E-state index contributed by atoms with van der Waals surface area (Å²) < 4.78 is 36.8. The fraction of sp³-hybridized carbons (Fsp3) is 0.667. The van der Waals surface area contributed by atoms with Gasteiger partial charge in [0.05, 0.1) is 4.88 Å². The van der Waals surface area contributed by atoms with Gasteiger partial charge in [-0.25, -0.2) is 4.98 Å². The number of alkyl halides is 3. The third-order valence-corrected chi connectivity index (χ3v) is 3.89. The van der Waals surface area contributed by atoms with Gasteiger partial charge < -0.3 is 5.11 Å². The van der Waals surface area contributed by atoms with Crippen LogP contribution in [0.15, 0.2) is 6.20 Å². The maximum Gasteiger partial charge on any atom is 0.443 e. The SMILES string of the molecule is CC(O)(c1cnc(C(F)(F)F)s1)C1CC1. The summed E-state index contributed by atoms with van der Waals surface area (Å²) >= 11 is 0.529. The van der Waals surface area contributed by atoms with Crippen LogP contribution in [0, 0.1) is 5.92 Å². The minimum atomic E-state index is -4.41. The first-order valence-electron chi connectivity index (χ1n) is 4.57. The van der Waals surface area contributed by atoms with E-state index in [1.807, 2.05) is 0 Å². The highest BCUT2D eigenvalue weighted by atomic mass is 32.1. The van der Waals surface area contributed by atoms with E-state index in [1.54, 1.807) is 6.92 Å². The molecule has 1 unspecified atom stereocenters. The topological polar surface area (TPSA) is 33.1 Å². The highest BCUT2D eigenvalue weighted by Gasteiger charge is 2.44. The molecule has 1 heterocycles. The lowest BCUT2D eigenvalue weighted by Crippen LogP contribution is -2.22. The fourth-order valence-electron chi connectivity index (χ4n) is 1.49. The second-order valence-corrected chi connectivity index (χ2v) is 4.98. The third-order valence-electron chi connectivity index (χ3n) is 2.62. The van der Waals surface area contributed by atoms with E-state index in [0.717, 1.165) is 19.0 Å². The lowest BCUT2D eigenvalue weighted by molar-refractivity contribution is -0.137. The molecule has 1 aliphatic rings. The number of aromatic nitrogens is 1. The van der Waals surface area contributed by atoms with Crippen LogP contribution in [0.3, 0.4) is 0 Å². The van der Waals surface area contributed by atoms with Gasteiger partial charge in [0.2, 0.25) is 0 Å². The van der Waals surface area contributed by atoms with Gasteiger partial charge in [-0.05, 0) is 25.7 Å². The molecule has 0 spiro atoms. The second kappa shape index (κ2) is 3.18. The molecule has 2 rings (SSSR count). The average molecular weight is 237 g/mol. The van der Waals surface area contributed by atoms with Crippen molar-refractivity contribution in [1.82, 2.24) is 4.98 Å². The minimum absolute atomic E-state index is 0.0824. The van der Waals surface area contributed by atoms with Gasteiger partial charge >= 0.3 is 6.18 Å². The molecule has 1 atom stereocenters. The molecule has 1 aromatic rings. The maximum atomic E-state index is 12.3. The molecule has 2 nitrogen and oxygen atoms in total. The normalized spacial score (nSPS) is 21.4. The number of hydrogen-bond acceptors (Lipinski definition) is 3. The van der Waals surface area contributed by atoms with Crippen molar-refractivity contribution in [3.05, 3.63) is 16.1 Å². The van der Waals surface area contributed by atoms with Crippen molar-refractivity contribution < 1.29 is 18.3 Å². The van der Waals surface area contributed by atoms with E-state index in [4.69, 9.17) is 0 Å². The van der Waals surface area contributed by atoms with E-state index in [1.165, 1.54) is 0 Å². The minimum Gasteiger partial charge on any atom is -0.384 e. The molecule has 1 N–H and O–H groups in total. The van der Waals surface area contributed by atoms with E-state index in [9.17, 15) is 18.3 Å². The van der Waals surface area contributed by atoms with Crippen LogP contribution in [0.1, 0.15) is 29.7 Å². The van der Waals surface area contributed by atoms with Crippen molar-refractivity contribution in [1.29, 1.82) is 0 Å². The Balaban J connectivity index is 2.27. The number of nitrogens with zero attached hydrogens (tertiary/aromatic N) is 1. The van der Waals surface area contributed by atoms with E-state index < -0.39 is 16.8 Å². The Kier molecular flexibility index (Phi) is 2.31. The monoisotopic (exact) mass is 237 g/mol. The molecular formula is C9H10F3NOS. The van der Waals surface area contributed by atoms with Crippen LogP contribution >= 0.6 is 11.3 Å². The standard InChI is InChI=1S/C9H10F3NOS/c1-8(14,5-2-3-5)6-4-13-7(15-6)9(10,11)12/h4-5,14H,2-3H2,1H3. The predicted molar refractivity (Wildman–Crippen MR) is 49.4 cm³/mol. The maximum absolute atomic E-state index is 12.3. The predicted octanol–water partition coefficient (Wildman–Crippen LogP) is 2.78. The summed E-state index contributed by atoms with van der Waals surface area (Å²) in [5, 5.41) is 9.12. The van der Waals surface area contributed by atoms with Gasteiger partial charge in [0.15, 0.2) is 5.01 Å². The van der Waals surface area contributed by atoms with Gasteiger partial charge in [0.1, 0.15) is 5.60 Å². The lowest BCUT2D eigenvalue weighted by Gasteiger charge is -2.20. The molecule has 15 heavy (non-hydrogen) atoms. The third kappa shape index (κ3) is 2.01. The molecule has 0 saturated heterocycles. The fourth-order valence-corrected chi connectivity index (χ4v) is 2.39. The Hall–Kier alpha value is -0.620. The van der Waals surface area contributed by atoms with E-state index in [-0.39, 0.29) is 5.92 Å². The summed E-state index contributed by atoms with van der Waals surface area (Å²) in [5.41, 5.74) is -1.15. The van der Waals surface area contributed by atoms with Crippen molar-refractivity contribution in [3.8, 4) is 0 Å². The molecule has 6 heteroatoms. The van der Waals surface area contributed by atoms with Crippen molar-refractivity contribution in [2.24, 2.45) is 5.92 Å². The summed E-state index contributed by atoms with van der Waals surface area (Å²) in [4.78, 5) is 3.60. The molecule has 1 saturated carbocycles. The number of aliphatic hydroxyl groups is 1. The van der Waals surface area contributed by atoms with Gasteiger partial charge in [-0.2, -0.15) is 13.2 Å². The summed E-state index contributed by atoms with van der Waals surface area (Å²) in [6.45, 7) is 1.55. The Bertz CT molecular complexity index is 368. The molecule has 0 aromatic carbocycles. The Morgan fingerprint density at radius 1 is 1.47 bits per heavy atom. The van der Waals surface area contributed by atoms with Gasteiger partial charge in [-0.3, -0.25) is 0 Å². The molecule has 0 bridgehead atoms. The van der Waals surface area contributed by atoms with Crippen LogP contribution in [-0.4, -0.2) is 10.1 Å². The van der Waals surface area contributed by atoms with Gasteiger partial charge in [-0.15, -0.1) is 11.3 Å². The second-order valence-electron chi connectivity index (χ2n) is 3.95. The van der Waals surface area contributed by atoms with Crippen molar-refractivity contribution in [2.45, 2.75) is 31.5 Å². The molecule has 84 valence electrons. The van der Waals surface area contributed by atoms with Gasteiger partial charge in [0, 0.05) is 6.20 Å². The number of thiazole rings is 1. The van der Waals surface area contributed by atoms with Crippen LogP contribution < -0.4 is 0 Å². The summed E-state index contributed by atoms with van der Waals surface area (Å²) in [7, 11) is 0. The number of hydrogen-bond donors (Lipinski definition) is 1. The first-order valence-corrected chi connectivity index (χ1v) is 5.39. The van der Waals surface area contributed by atoms with Crippen LogP contribution in [0.2, 0.25) is 0 Å². The first-order chi connectivity index (χ1) is 6.82. The molecule has 0 aliphatic heterocycles. The van der Waals surface area contributed by atoms with E-state index >= 15 is 0 Å². The van der Waals surface area contributed by atoms with Crippen LogP contribution in [0.4, 0.5) is 13.2 Å². The van der Waals surface area contributed by atoms with Crippen molar-refractivity contribution >= 4 is 11.3 Å². The lowest BCUT2D eigenvalue weighted by atomic mass is 10.00. The zero-order valence-corrected chi connectivity index (χ0v) is 8.82. The van der Waals surface area contributed by atoms with Crippen molar-refractivity contribution in [3.63, 3.8) is 0 Å². The molecule has 0 radical (unpaired) electrons. The van der Waals surface area contributed by atoms with Gasteiger partial charge in [-0.1, -0.05) is 0 Å². The van der Waals surface area contributed by atoms with E-state index in [2.05, 4.69) is 4.98 Å². The molecule has 0 amide bonds. The van der Waals surface area contributed by atoms with Crippen LogP contribution in [-0.2, 0) is 11.8 Å². The summed E-state index contributed by atoms with van der Waals surface area (Å²) in [6, 6.07) is 0.